The van der Waals surface area contributed by atoms with E-state index in [0.29, 0.717) is 5.56 Å². The summed E-state index contributed by atoms with van der Waals surface area (Å²) in [7, 11) is 0. The first kappa shape index (κ1) is 39.3. The molecular formula is C33H42O20. The van der Waals surface area contributed by atoms with Crippen LogP contribution in [0.5, 0.6) is 23.0 Å². The van der Waals surface area contributed by atoms with Crippen LogP contribution in [-0.2, 0) is 23.7 Å². The van der Waals surface area contributed by atoms with Gasteiger partial charge < -0.3 is 99.5 Å². The van der Waals surface area contributed by atoms with E-state index in [1.165, 1.54) is 36.4 Å². The first-order chi connectivity index (χ1) is 25.3. The molecular weight excluding hydrogens is 716 g/mol. The fourth-order valence-corrected chi connectivity index (χ4v) is 6.36. The predicted molar refractivity (Wildman–Crippen MR) is 169 cm³/mol. The summed E-state index contributed by atoms with van der Waals surface area (Å²) in [6.07, 6.45) is -25.7. The SMILES string of the molecule is OCC1OC(Oc2cc(O)cc3c2C=C(OC2OC(CO)C(O)C(O)C2OC2OC(CO)C(O)C(O)C2O)C(c2ccc(O)cc2)O3)C(O)C(O)C1O. The van der Waals surface area contributed by atoms with Crippen LogP contribution in [0, 0.1) is 0 Å². The van der Waals surface area contributed by atoms with Gasteiger partial charge in [-0.25, -0.2) is 0 Å². The van der Waals surface area contributed by atoms with Crippen molar-refractivity contribution in [2.75, 3.05) is 19.8 Å². The molecule has 2 aromatic carbocycles. The van der Waals surface area contributed by atoms with Crippen LogP contribution < -0.4 is 9.47 Å². The zero-order valence-corrected chi connectivity index (χ0v) is 27.6. The molecule has 16 unspecified atom stereocenters. The highest BCUT2D eigenvalue weighted by Crippen LogP contribution is 2.46. The molecule has 0 bridgehead atoms. The standard InChI is InChI=1S/C33H42O20/c34-8-18-21(39)24(42)27(45)31(50-18)48-16-6-13(38)5-15-14(16)7-17(29(47-15)11-1-3-12(37)4-2-11)49-33-30(26(44)23(41)20(10-36)52-33)53-32-28(46)25(43)22(40)19(9-35)51-32/h1-7,18-46H,8-10H2. The molecule has 20 heteroatoms. The van der Waals surface area contributed by atoms with Gasteiger partial charge in [0.2, 0.25) is 12.6 Å². The summed E-state index contributed by atoms with van der Waals surface area (Å²) >= 11 is 0. The van der Waals surface area contributed by atoms with Gasteiger partial charge in [-0.15, -0.1) is 0 Å². The lowest BCUT2D eigenvalue weighted by Crippen LogP contribution is -2.64. The molecule has 20 nitrogen and oxygen atoms in total. The average molecular weight is 759 g/mol. The number of hydrogen-bond acceptors (Lipinski definition) is 20. The Hall–Kier alpha value is -3.42. The van der Waals surface area contributed by atoms with Crippen LogP contribution in [0.1, 0.15) is 17.2 Å². The Morgan fingerprint density at radius 1 is 0.547 bits per heavy atom. The molecule has 53 heavy (non-hydrogen) atoms. The van der Waals surface area contributed by atoms with E-state index in [-0.39, 0.29) is 28.6 Å². The first-order valence-electron chi connectivity index (χ1n) is 16.5. The van der Waals surface area contributed by atoms with Gasteiger partial charge in [-0.05, 0) is 18.2 Å². The van der Waals surface area contributed by atoms with Crippen molar-refractivity contribution in [3.8, 4) is 23.0 Å². The van der Waals surface area contributed by atoms with Crippen LogP contribution >= 0.6 is 0 Å². The van der Waals surface area contributed by atoms with E-state index in [4.69, 9.17) is 33.2 Å². The predicted octanol–water partition coefficient (Wildman–Crippen LogP) is -4.61. The number of phenolic OH excluding ortho intramolecular Hbond substituents is 2. The molecule has 3 fully saturated rings. The van der Waals surface area contributed by atoms with Crippen molar-refractivity contribution in [3.63, 3.8) is 0 Å². The third kappa shape index (κ3) is 7.76. The van der Waals surface area contributed by atoms with Crippen molar-refractivity contribution >= 4 is 6.08 Å². The van der Waals surface area contributed by atoms with Crippen molar-refractivity contribution < 1.29 is 99.5 Å². The zero-order valence-electron chi connectivity index (χ0n) is 27.6. The second-order valence-corrected chi connectivity index (χ2v) is 12.9. The lowest BCUT2D eigenvalue weighted by Gasteiger charge is -2.46. The number of aliphatic hydroxyl groups is 11. The molecule has 16 atom stereocenters. The summed E-state index contributed by atoms with van der Waals surface area (Å²) in [5.74, 6) is -0.901. The zero-order chi connectivity index (χ0) is 38.3. The van der Waals surface area contributed by atoms with Gasteiger partial charge in [0.25, 0.3) is 0 Å². The maximum absolute atomic E-state index is 11.2. The fourth-order valence-electron chi connectivity index (χ4n) is 6.36. The second-order valence-electron chi connectivity index (χ2n) is 12.9. The Kier molecular flexibility index (Phi) is 12.0. The van der Waals surface area contributed by atoms with E-state index in [2.05, 4.69) is 0 Å². The number of aliphatic hydroxyl groups excluding tert-OH is 11. The Morgan fingerprint density at radius 3 is 1.66 bits per heavy atom. The molecule has 13 N–H and O–H groups in total. The molecule has 0 amide bonds. The van der Waals surface area contributed by atoms with Gasteiger partial charge in [-0.3, -0.25) is 0 Å². The van der Waals surface area contributed by atoms with Crippen LogP contribution in [0.25, 0.3) is 6.08 Å². The lowest BCUT2D eigenvalue weighted by atomic mass is 9.97. The van der Waals surface area contributed by atoms with Gasteiger partial charge in [0.1, 0.15) is 95.9 Å². The van der Waals surface area contributed by atoms with Gasteiger partial charge in [-0.2, -0.15) is 0 Å². The van der Waals surface area contributed by atoms with E-state index < -0.39 is 124 Å². The molecule has 4 heterocycles. The lowest BCUT2D eigenvalue weighted by molar-refractivity contribution is -0.364. The van der Waals surface area contributed by atoms with Gasteiger partial charge >= 0.3 is 0 Å². The first-order valence-corrected chi connectivity index (χ1v) is 16.5. The third-order valence-corrected chi connectivity index (χ3v) is 9.38. The van der Waals surface area contributed by atoms with Crippen LogP contribution in [0.4, 0.5) is 0 Å². The minimum absolute atomic E-state index is 0.0302. The monoisotopic (exact) mass is 758 g/mol. The smallest absolute Gasteiger partial charge is 0.229 e. The number of benzene rings is 2. The highest BCUT2D eigenvalue weighted by molar-refractivity contribution is 5.70. The van der Waals surface area contributed by atoms with Crippen molar-refractivity contribution in [3.05, 3.63) is 53.3 Å². The Balaban J connectivity index is 1.38. The molecule has 294 valence electrons. The van der Waals surface area contributed by atoms with Crippen LogP contribution in [0.15, 0.2) is 42.2 Å². The number of rotatable bonds is 10. The molecule has 0 aromatic heterocycles. The van der Waals surface area contributed by atoms with Crippen LogP contribution in [-0.4, -0.2) is 178 Å². The molecule has 4 aliphatic heterocycles. The topological polar surface area (TPSA) is 328 Å². The van der Waals surface area contributed by atoms with Crippen LogP contribution in [0.2, 0.25) is 0 Å². The van der Waals surface area contributed by atoms with Gasteiger partial charge in [-0.1, -0.05) is 12.1 Å². The van der Waals surface area contributed by atoms with E-state index >= 15 is 0 Å². The Bertz CT molecular complexity index is 1570. The van der Waals surface area contributed by atoms with Crippen molar-refractivity contribution in [2.24, 2.45) is 0 Å². The van der Waals surface area contributed by atoms with Crippen molar-refractivity contribution in [1.29, 1.82) is 0 Å². The molecule has 0 saturated carbocycles. The second kappa shape index (κ2) is 16.1. The summed E-state index contributed by atoms with van der Waals surface area (Å²) in [5, 5.41) is 134. The summed E-state index contributed by atoms with van der Waals surface area (Å²) in [5.41, 5.74) is 0.382. The molecule has 3 saturated heterocycles. The summed E-state index contributed by atoms with van der Waals surface area (Å²) in [6.45, 7) is -2.37. The molecule has 0 spiro atoms. The Morgan fingerprint density at radius 2 is 1.08 bits per heavy atom. The number of hydrogen-bond donors (Lipinski definition) is 13. The van der Waals surface area contributed by atoms with E-state index in [9.17, 15) is 66.4 Å². The quantitative estimate of drug-likeness (QED) is 0.108. The molecule has 0 radical (unpaired) electrons. The van der Waals surface area contributed by atoms with Gasteiger partial charge in [0, 0.05) is 17.7 Å². The van der Waals surface area contributed by atoms with Crippen LogP contribution in [0.3, 0.4) is 0 Å². The fraction of sp³-hybridized carbons (Fsp3) is 0.576. The number of phenols is 2. The van der Waals surface area contributed by atoms with E-state index in [1.807, 2.05) is 0 Å². The molecule has 6 rings (SSSR count). The largest absolute Gasteiger partial charge is 0.508 e. The normalized spacial score (nSPS) is 40.1. The summed E-state index contributed by atoms with van der Waals surface area (Å²) in [6, 6.07) is 7.92. The minimum Gasteiger partial charge on any atom is -0.508 e. The van der Waals surface area contributed by atoms with E-state index in [0.717, 1.165) is 6.07 Å². The molecule has 0 aliphatic carbocycles. The average Bonchev–Trinajstić information content (AvgIpc) is 3.14. The van der Waals surface area contributed by atoms with Gasteiger partial charge in [0.05, 0.1) is 25.4 Å². The molecule has 4 aliphatic rings. The van der Waals surface area contributed by atoms with Gasteiger partial charge in [0.15, 0.2) is 18.5 Å². The third-order valence-electron chi connectivity index (χ3n) is 9.38. The molecule has 2 aromatic rings. The number of ether oxygens (including phenoxy) is 7. The summed E-state index contributed by atoms with van der Waals surface area (Å²) < 4.78 is 40.7. The van der Waals surface area contributed by atoms with E-state index in [1.54, 1.807) is 0 Å². The minimum atomic E-state index is -1.93. The maximum atomic E-state index is 11.2. The number of aromatic hydroxyl groups is 2. The maximum Gasteiger partial charge on any atom is 0.229 e. The highest BCUT2D eigenvalue weighted by Gasteiger charge is 2.52. The Labute approximate surface area is 300 Å². The summed E-state index contributed by atoms with van der Waals surface area (Å²) in [4.78, 5) is 0. The highest BCUT2D eigenvalue weighted by atomic mass is 16.8. The number of fused-ring (bicyclic) bond motifs is 1. The van der Waals surface area contributed by atoms with Crippen molar-refractivity contribution in [1.82, 2.24) is 0 Å². The van der Waals surface area contributed by atoms with Crippen molar-refractivity contribution in [2.45, 2.75) is 98.2 Å².